The number of rotatable bonds is 6. The first kappa shape index (κ1) is 17.5. The van der Waals surface area contributed by atoms with Gasteiger partial charge in [0.1, 0.15) is 0 Å². The number of hydrogen-bond acceptors (Lipinski definition) is 2. The molecule has 1 aromatic rings. The van der Waals surface area contributed by atoms with Crippen LogP contribution >= 0.6 is 23.8 Å². The summed E-state index contributed by atoms with van der Waals surface area (Å²) in [5, 5.41) is 8.34. The lowest BCUT2D eigenvalue weighted by atomic mass is 10.0. The van der Waals surface area contributed by atoms with Gasteiger partial charge in [-0.25, -0.2) is 0 Å². The van der Waals surface area contributed by atoms with Gasteiger partial charge >= 0.3 is 0 Å². The van der Waals surface area contributed by atoms with Crippen LogP contribution in [-0.4, -0.2) is 35.7 Å². The van der Waals surface area contributed by atoms with E-state index in [1.165, 1.54) is 18.4 Å². The van der Waals surface area contributed by atoms with Crippen molar-refractivity contribution in [1.29, 1.82) is 0 Å². The van der Waals surface area contributed by atoms with Gasteiger partial charge in [0.2, 0.25) is 0 Å². The third-order valence-electron chi connectivity index (χ3n) is 4.06. The van der Waals surface area contributed by atoms with Gasteiger partial charge in [-0.15, -0.1) is 0 Å². The molecular weight excluding hydrogens is 314 g/mol. The van der Waals surface area contributed by atoms with Crippen molar-refractivity contribution in [3.63, 3.8) is 0 Å². The Labute approximate surface area is 144 Å². The Morgan fingerprint density at radius 3 is 2.59 bits per heavy atom. The fourth-order valence-electron chi connectivity index (χ4n) is 2.70. The van der Waals surface area contributed by atoms with Crippen molar-refractivity contribution in [3.8, 4) is 0 Å². The van der Waals surface area contributed by atoms with E-state index in [0.717, 1.165) is 49.2 Å². The van der Waals surface area contributed by atoms with Gasteiger partial charge in [0.15, 0.2) is 5.11 Å². The van der Waals surface area contributed by atoms with E-state index in [9.17, 15) is 0 Å². The Balaban J connectivity index is 1.67. The van der Waals surface area contributed by atoms with Crippen LogP contribution in [-0.2, 0) is 6.54 Å². The molecule has 0 saturated carbocycles. The molecule has 0 aromatic heterocycles. The van der Waals surface area contributed by atoms with Crippen LogP contribution in [0.5, 0.6) is 0 Å². The van der Waals surface area contributed by atoms with Crippen LogP contribution in [0, 0.1) is 0 Å². The second-order valence-corrected chi connectivity index (χ2v) is 6.78. The molecule has 22 heavy (non-hydrogen) atoms. The van der Waals surface area contributed by atoms with E-state index in [-0.39, 0.29) is 0 Å². The number of halogens is 1. The number of likely N-dealkylation sites (tertiary alicyclic amines) is 1. The summed E-state index contributed by atoms with van der Waals surface area (Å²) >= 11 is 11.3. The predicted octanol–water partition coefficient (Wildman–Crippen LogP) is 3.57. The zero-order valence-electron chi connectivity index (χ0n) is 13.3. The van der Waals surface area contributed by atoms with Crippen molar-refractivity contribution >= 4 is 28.9 Å². The minimum atomic E-state index is 0.503. The van der Waals surface area contributed by atoms with Gasteiger partial charge in [-0.05, 0) is 49.2 Å². The maximum atomic E-state index is 5.93. The molecule has 1 heterocycles. The smallest absolute Gasteiger partial charge is 0.166 e. The summed E-state index contributed by atoms with van der Waals surface area (Å²) in [5.41, 5.74) is 1.33. The van der Waals surface area contributed by atoms with Gasteiger partial charge in [-0.1, -0.05) is 37.1 Å². The lowest BCUT2D eigenvalue weighted by molar-refractivity contribution is 0.199. The summed E-state index contributed by atoms with van der Waals surface area (Å²) < 4.78 is 0. The average Bonchev–Trinajstić information content (AvgIpc) is 2.52. The van der Waals surface area contributed by atoms with Crippen molar-refractivity contribution < 1.29 is 0 Å². The molecule has 0 aliphatic carbocycles. The number of benzene rings is 1. The molecule has 2 N–H and O–H groups in total. The highest BCUT2D eigenvalue weighted by Crippen LogP contribution is 2.15. The summed E-state index contributed by atoms with van der Waals surface area (Å²) in [6.07, 6.45) is 4.65. The highest BCUT2D eigenvalue weighted by molar-refractivity contribution is 7.80. The Kier molecular flexibility index (Phi) is 7.43. The molecule has 2 rings (SSSR count). The Hall–Kier alpha value is -0.840. The van der Waals surface area contributed by atoms with Gasteiger partial charge in [0.05, 0.1) is 0 Å². The molecule has 1 fully saturated rings. The summed E-state index contributed by atoms with van der Waals surface area (Å²) in [6, 6.07) is 8.65. The lowest BCUT2D eigenvalue weighted by Crippen LogP contribution is -2.47. The highest BCUT2D eigenvalue weighted by atomic mass is 35.5. The van der Waals surface area contributed by atoms with Gasteiger partial charge < -0.3 is 10.6 Å². The largest absolute Gasteiger partial charge is 0.363 e. The molecule has 0 unspecified atom stereocenters. The van der Waals surface area contributed by atoms with Crippen LogP contribution in [0.3, 0.4) is 0 Å². The second kappa shape index (κ2) is 9.33. The molecule has 5 heteroatoms. The molecule has 0 amide bonds. The molecule has 1 saturated heterocycles. The van der Waals surface area contributed by atoms with Crippen LogP contribution in [0.2, 0.25) is 5.02 Å². The number of thiocarbonyl (C=S) groups is 1. The maximum absolute atomic E-state index is 5.93. The maximum Gasteiger partial charge on any atom is 0.166 e. The van der Waals surface area contributed by atoms with E-state index in [0.29, 0.717) is 6.04 Å². The molecule has 0 radical (unpaired) electrons. The quantitative estimate of drug-likeness (QED) is 0.612. The Bertz CT molecular complexity index is 455. The third-order valence-corrected chi connectivity index (χ3v) is 4.57. The number of hydrogen-bond donors (Lipinski definition) is 2. The molecule has 122 valence electrons. The van der Waals surface area contributed by atoms with E-state index in [1.54, 1.807) is 0 Å². The lowest BCUT2D eigenvalue weighted by Gasteiger charge is -2.33. The van der Waals surface area contributed by atoms with Gasteiger partial charge in [0, 0.05) is 37.2 Å². The van der Waals surface area contributed by atoms with Crippen molar-refractivity contribution in [2.45, 2.75) is 45.2 Å². The van der Waals surface area contributed by atoms with Crippen molar-refractivity contribution in [3.05, 3.63) is 34.9 Å². The van der Waals surface area contributed by atoms with Crippen molar-refractivity contribution in [1.82, 2.24) is 15.5 Å². The van der Waals surface area contributed by atoms with Crippen LogP contribution in [0.25, 0.3) is 0 Å². The van der Waals surface area contributed by atoms with Gasteiger partial charge in [0.25, 0.3) is 0 Å². The van der Waals surface area contributed by atoms with E-state index < -0.39 is 0 Å². The third kappa shape index (κ3) is 6.11. The van der Waals surface area contributed by atoms with Gasteiger partial charge in [-0.2, -0.15) is 0 Å². The Morgan fingerprint density at radius 1 is 1.27 bits per heavy atom. The number of nitrogens with one attached hydrogen (secondary N) is 2. The zero-order chi connectivity index (χ0) is 15.8. The summed E-state index contributed by atoms with van der Waals surface area (Å²) in [5.74, 6) is 0. The van der Waals surface area contributed by atoms with E-state index in [2.05, 4.69) is 34.6 Å². The topological polar surface area (TPSA) is 27.3 Å². The molecule has 3 nitrogen and oxygen atoms in total. The molecular formula is C17H26ClN3S. The Morgan fingerprint density at radius 2 is 1.95 bits per heavy atom. The standard InChI is InChI=1S/C17H26ClN3S/c1-2-3-10-19-17(22)20-16-8-11-21(12-9-16)13-14-4-6-15(18)7-5-14/h4-7,16H,2-3,8-13H2,1H3,(H2,19,20,22). The van der Waals surface area contributed by atoms with Crippen LogP contribution < -0.4 is 10.6 Å². The van der Waals surface area contributed by atoms with Crippen molar-refractivity contribution in [2.75, 3.05) is 19.6 Å². The normalized spacial score (nSPS) is 16.5. The van der Waals surface area contributed by atoms with Crippen LogP contribution in [0.1, 0.15) is 38.2 Å². The first-order chi connectivity index (χ1) is 10.7. The first-order valence-corrected chi connectivity index (χ1v) is 8.97. The summed E-state index contributed by atoms with van der Waals surface area (Å²) in [4.78, 5) is 2.50. The second-order valence-electron chi connectivity index (χ2n) is 5.93. The van der Waals surface area contributed by atoms with E-state index >= 15 is 0 Å². The fourth-order valence-corrected chi connectivity index (χ4v) is 3.09. The fraction of sp³-hybridized carbons (Fsp3) is 0.588. The van der Waals surface area contributed by atoms with E-state index in [1.807, 2.05) is 12.1 Å². The molecule has 1 aliphatic heterocycles. The number of unbranched alkanes of at least 4 members (excludes halogenated alkanes) is 1. The number of nitrogens with zero attached hydrogens (tertiary/aromatic N) is 1. The van der Waals surface area contributed by atoms with Crippen molar-refractivity contribution in [2.24, 2.45) is 0 Å². The molecule has 0 spiro atoms. The first-order valence-electron chi connectivity index (χ1n) is 8.18. The minimum Gasteiger partial charge on any atom is -0.363 e. The average molecular weight is 340 g/mol. The monoisotopic (exact) mass is 339 g/mol. The molecule has 0 atom stereocenters. The number of piperidine rings is 1. The van der Waals surface area contributed by atoms with E-state index in [4.69, 9.17) is 23.8 Å². The predicted molar refractivity (Wildman–Crippen MR) is 98.4 cm³/mol. The van der Waals surface area contributed by atoms with Gasteiger partial charge in [-0.3, -0.25) is 4.90 Å². The molecule has 0 bridgehead atoms. The minimum absolute atomic E-state index is 0.503. The van der Waals surface area contributed by atoms with Crippen LogP contribution in [0.15, 0.2) is 24.3 Å². The zero-order valence-corrected chi connectivity index (χ0v) is 14.8. The SMILES string of the molecule is CCCCNC(=S)NC1CCN(Cc2ccc(Cl)cc2)CC1. The molecule has 1 aromatic carbocycles. The van der Waals surface area contributed by atoms with Crippen LogP contribution in [0.4, 0.5) is 0 Å². The summed E-state index contributed by atoms with van der Waals surface area (Å²) in [6.45, 7) is 6.38. The highest BCUT2D eigenvalue weighted by Gasteiger charge is 2.19. The summed E-state index contributed by atoms with van der Waals surface area (Å²) in [7, 11) is 0. The molecule has 1 aliphatic rings.